The van der Waals surface area contributed by atoms with Crippen LogP contribution in [-0.4, -0.2) is 35.7 Å². The summed E-state index contributed by atoms with van der Waals surface area (Å²) in [6, 6.07) is 9.87. The van der Waals surface area contributed by atoms with Gasteiger partial charge in [0.15, 0.2) is 0 Å². The molecule has 0 saturated heterocycles. The number of aliphatic hydroxyl groups excluding tert-OH is 2. The molecule has 0 bridgehead atoms. The van der Waals surface area contributed by atoms with E-state index in [0.717, 1.165) is 5.56 Å². The molecule has 0 heterocycles. The molecule has 0 radical (unpaired) electrons. The van der Waals surface area contributed by atoms with Crippen LogP contribution >= 0.6 is 9.12 Å². The maximum absolute atomic E-state index is 10.2. The van der Waals surface area contributed by atoms with Gasteiger partial charge in [-0.25, -0.2) is 0 Å². The van der Waals surface area contributed by atoms with Crippen molar-refractivity contribution >= 4 is 15.8 Å². The van der Waals surface area contributed by atoms with Crippen LogP contribution < -0.4 is 0 Å². The van der Waals surface area contributed by atoms with Crippen LogP contribution in [-0.2, 0) is 11.1 Å². The molecule has 0 aliphatic heterocycles. The van der Waals surface area contributed by atoms with Crippen LogP contribution in [0.1, 0.15) is 12.5 Å². The summed E-state index contributed by atoms with van der Waals surface area (Å²) in [6.45, 7) is 3.68. The average molecular weight is 268 g/mol. The lowest BCUT2D eigenvalue weighted by molar-refractivity contribution is -0.0112. The van der Waals surface area contributed by atoms with E-state index < -0.39 is 6.10 Å². The van der Waals surface area contributed by atoms with Crippen molar-refractivity contribution < 1.29 is 14.9 Å². The van der Waals surface area contributed by atoms with Crippen LogP contribution in [0.3, 0.4) is 0 Å². The number of rotatable bonds is 7. The number of hydrogen-bond donors (Lipinski definition) is 2. The summed E-state index contributed by atoms with van der Waals surface area (Å²) in [5, 5.41) is 19.6. The number of aliphatic hydroxyl groups is 2. The minimum Gasteiger partial charge on any atom is -0.427 e. The lowest BCUT2D eigenvalue weighted by atomic mass is 9.91. The second kappa shape index (κ2) is 7.91. The Bertz CT molecular complexity index is 334. The predicted octanol–water partition coefficient (Wildman–Crippen LogP) is 1.60. The molecule has 0 aliphatic carbocycles. The zero-order valence-corrected chi connectivity index (χ0v) is 12.1. The van der Waals surface area contributed by atoms with Crippen molar-refractivity contribution in [3.63, 3.8) is 0 Å². The van der Waals surface area contributed by atoms with Gasteiger partial charge in [0.05, 0.1) is 12.2 Å². The van der Waals surface area contributed by atoms with E-state index in [1.807, 2.05) is 44.1 Å². The third-order valence-electron chi connectivity index (χ3n) is 2.97. The maximum Gasteiger partial charge on any atom is 0.312 e. The second-order valence-electron chi connectivity index (χ2n) is 4.67. The maximum atomic E-state index is 10.2. The van der Waals surface area contributed by atoms with Crippen LogP contribution in [0.15, 0.2) is 30.3 Å². The summed E-state index contributed by atoms with van der Waals surface area (Å²) < 4.78 is 5.53. The molecule has 0 fully saturated rings. The fourth-order valence-electron chi connectivity index (χ4n) is 2.01. The first kappa shape index (κ1) is 15.7. The van der Waals surface area contributed by atoms with Gasteiger partial charge in [-0.15, -0.1) is 9.12 Å². The largest absolute Gasteiger partial charge is 0.427 e. The molecular formula is C13H22BO3P. The van der Waals surface area contributed by atoms with Crippen molar-refractivity contribution in [1.29, 1.82) is 0 Å². The topological polar surface area (TPSA) is 49.7 Å². The molecule has 100 valence electrons. The first-order valence-electron chi connectivity index (χ1n) is 6.28. The van der Waals surface area contributed by atoms with Gasteiger partial charge in [-0.05, 0) is 18.9 Å². The Balaban J connectivity index is 2.60. The average Bonchev–Trinajstić information content (AvgIpc) is 2.35. The summed E-state index contributed by atoms with van der Waals surface area (Å²) in [4.78, 5) is 0. The number of benzene rings is 1. The van der Waals surface area contributed by atoms with E-state index in [1.165, 1.54) is 0 Å². The smallest absolute Gasteiger partial charge is 0.312 e. The monoisotopic (exact) mass is 268 g/mol. The lowest BCUT2D eigenvalue weighted by Gasteiger charge is -2.27. The van der Waals surface area contributed by atoms with Crippen LogP contribution in [0.5, 0.6) is 0 Å². The van der Waals surface area contributed by atoms with E-state index >= 15 is 0 Å². The van der Waals surface area contributed by atoms with Crippen molar-refractivity contribution in [3.05, 3.63) is 35.9 Å². The van der Waals surface area contributed by atoms with E-state index in [2.05, 4.69) is 9.12 Å². The Morgan fingerprint density at radius 3 is 2.44 bits per heavy atom. The Morgan fingerprint density at radius 2 is 1.94 bits per heavy atom. The summed E-state index contributed by atoms with van der Waals surface area (Å²) in [5.74, 6) is -0.203. The quantitative estimate of drug-likeness (QED) is 0.583. The highest BCUT2D eigenvalue weighted by Crippen LogP contribution is 2.17. The predicted molar refractivity (Wildman–Crippen MR) is 78.6 cm³/mol. The molecule has 3 nitrogen and oxygen atoms in total. The van der Waals surface area contributed by atoms with E-state index in [-0.39, 0.29) is 25.3 Å². The van der Waals surface area contributed by atoms with Gasteiger partial charge in [-0.3, -0.25) is 0 Å². The molecule has 18 heavy (non-hydrogen) atoms. The molecule has 0 spiro atoms. The zero-order valence-electron chi connectivity index (χ0n) is 11.0. The standard InChI is InChI=1S/C13H22BO3P/c1-10(17-14(2)18)13(16)12(9-15)8-11-6-4-3-5-7-11/h3-7,10,12-13,15-16H,8-9,18H2,1-2H3/t10-,12-,13-/m0/s1. The summed E-state index contributed by atoms with van der Waals surface area (Å²) >= 11 is 0. The third kappa shape index (κ3) is 5.07. The fraction of sp³-hybridized carbons (Fsp3) is 0.538. The molecule has 0 aliphatic rings. The van der Waals surface area contributed by atoms with Crippen molar-refractivity contribution in [2.24, 2.45) is 5.92 Å². The van der Waals surface area contributed by atoms with Crippen LogP contribution in [0.4, 0.5) is 0 Å². The lowest BCUT2D eigenvalue weighted by Crippen LogP contribution is -2.38. The normalized spacial score (nSPS) is 16.1. The van der Waals surface area contributed by atoms with Gasteiger partial charge in [0, 0.05) is 12.5 Å². The minimum absolute atomic E-state index is 0.00859. The molecular weight excluding hydrogens is 246 g/mol. The van der Waals surface area contributed by atoms with Gasteiger partial charge < -0.3 is 14.9 Å². The minimum atomic E-state index is -0.668. The molecule has 1 aromatic carbocycles. The fourth-order valence-corrected chi connectivity index (χ4v) is 2.26. The van der Waals surface area contributed by atoms with E-state index in [1.54, 1.807) is 0 Å². The molecule has 1 aromatic rings. The van der Waals surface area contributed by atoms with Gasteiger partial charge >= 0.3 is 6.64 Å². The summed E-state index contributed by atoms with van der Waals surface area (Å²) in [7, 11) is 2.54. The Labute approximate surface area is 112 Å². The van der Waals surface area contributed by atoms with Gasteiger partial charge in [-0.1, -0.05) is 37.2 Å². The number of hydrogen-bond acceptors (Lipinski definition) is 3. The molecule has 0 saturated carbocycles. The van der Waals surface area contributed by atoms with Crippen LogP contribution in [0, 0.1) is 5.92 Å². The van der Waals surface area contributed by atoms with Gasteiger partial charge in [0.2, 0.25) is 0 Å². The Morgan fingerprint density at radius 1 is 1.33 bits per heavy atom. The first-order chi connectivity index (χ1) is 8.54. The van der Waals surface area contributed by atoms with Gasteiger partial charge in [0.1, 0.15) is 0 Å². The van der Waals surface area contributed by atoms with E-state index in [0.29, 0.717) is 6.42 Å². The highest BCUT2D eigenvalue weighted by Gasteiger charge is 2.26. The highest BCUT2D eigenvalue weighted by atomic mass is 31.0. The summed E-state index contributed by atoms with van der Waals surface area (Å²) in [5.41, 5.74) is 1.11. The van der Waals surface area contributed by atoms with E-state index in [4.69, 9.17) is 4.65 Å². The molecule has 1 rings (SSSR count). The van der Waals surface area contributed by atoms with Crippen molar-refractivity contribution in [2.45, 2.75) is 32.4 Å². The van der Waals surface area contributed by atoms with Crippen molar-refractivity contribution in [3.8, 4) is 0 Å². The molecule has 5 heteroatoms. The van der Waals surface area contributed by atoms with E-state index in [9.17, 15) is 10.2 Å². The summed E-state index contributed by atoms with van der Waals surface area (Å²) in [6.07, 6.45) is -0.311. The second-order valence-corrected chi connectivity index (χ2v) is 5.61. The molecule has 1 unspecified atom stereocenters. The SMILES string of the molecule is CB(P)O[C@@H](C)[C@H](O)[C@H](CO)Cc1ccccc1. The van der Waals surface area contributed by atoms with Crippen LogP contribution in [0.2, 0.25) is 6.82 Å². The molecule has 0 aromatic heterocycles. The van der Waals surface area contributed by atoms with Gasteiger partial charge in [-0.2, -0.15) is 0 Å². The Kier molecular flexibility index (Phi) is 6.87. The third-order valence-corrected chi connectivity index (χ3v) is 3.13. The van der Waals surface area contributed by atoms with Crippen molar-refractivity contribution in [2.75, 3.05) is 6.61 Å². The molecule has 4 atom stereocenters. The van der Waals surface area contributed by atoms with Crippen LogP contribution in [0.25, 0.3) is 0 Å². The van der Waals surface area contributed by atoms with Crippen molar-refractivity contribution in [1.82, 2.24) is 0 Å². The zero-order chi connectivity index (χ0) is 13.5. The van der Waals surface area contributed by atoms with Gasteiger partial charge in [0.25, 0.3) is 0 Å². The first-order valence-corrected chi connectivity index (χ1v) is 6.95. The Hall–Kier alpha value is -0.405. The highest BCUT2D eigenvalue weighted by molar-refractivity contribution is 7.60. The molecule has 2 N–H and O–H groups in total. The molecule has 0 amide bonds.